The standard InChI is InChI=1S/C23H22N8/c1-2-6-17(7-3-1)31-23-18(14-26-31)22(24-16-25-23)30-12-10-29(11-13-30)15-21-27-19-8-4-5-9-20(19)28-21/h1-9,14,16H,10-13,15H2,(H,27,28). The summed E-state index contributed by atoms with van der Waals surface area (Å²) in [4.78, 5) is 22.0. The van der Waals surface area contributed by atoms with Gasteiger partial charge in [-0.3, -0.25) is 4.90 Å². The summed E-state index contributed by atoms with van der Waals surface area (Å²) < 4.78 is 1.87. The largest absolute Gasteiger partial charge is 0.353 e. The molecule has 1 N–H and O–H groups in total. The van der Waals surface area contributed by atoms with Crippen molar-refractivity contribution < 1.29 is 0 Å². The number of H-pyrrole nitrogens is 1. The predicted molar refractivity (Wildman–Crippen MR) is 120 cm³/mol. The van der Waals surface area contributed by atoms with Gasteiger partial charge in [-0.05, 0) is 24.3 Å². The summed E-state index contributed by atoms with van der Waals surface area (Å²) in [7, 11) is 0. The smallest absolute Gasteiger partial charge is 0.168 e. The molecule has 0 aliphatic carbocycles. The average molecular weight is 410 g/mol. The van der Waals surface area contributed by atoms with Crippen molar-refractivity contribution in [3.8, 4) is 5.69 Å². The zero-order valence-corrected chi connectivity index (χ0v) is 17.0. The van der Waals surface area contributed by atoms with Gasteiger partial charge in [-0.25, -0.2) is 19.6 Å². The number of aromatic amines is 1. The number of fused-ring (bicyclic) bond motifs is 2. The molecule has 154 valence electrons. The first-order valence-electron chi connectivity index (χ1n) is 10.5. The molecule has 0 amide bonds. The number of nitrogens with zero attached hydrogens (tertiary/aromatic N) is 7. The van der Waals surface area contributed by atoms with Crippen LogP contribution in [0.3, 0.4) is 0 Å². The molecular weight excluding hydrogens is 388 g/mol. The SMILES string of the molecule is c1ccc(-n2ncc3c(N4CCN(Cc5nc6ccccc6[nH]5)CC4)ncnc32)cc1. The number of piperazine rings is 1. The van der Waals surface area contributed by atoms with Crippen molar-refractivity contribution in [2.75, 3.05) is 31.1 Å². The Morgan fingerprint density at radius 3 is 2.52 bits per heavy atom. The summed E-state index contributed by atoms with van der Waals surface area (Å²) in [6, 6.07) is 18.2. The lowest BCUT2D eigenvalue weighted by molar-refractivity contribution is 0.244. The summed E-state index contributed by atoms with van der Waals surface area (Å²) >= 11 is 0. The molecule has 5 aromatic rings. The Morgan fingerprint density at radius 2 is 1.68 bits per heavy atom. The van der Waals surface area contributed by atoms with E-state index in [-0.39, 0.29) is 0 Å². The first-order valence-corrected chi connectivity index (χ1v) is 10.5. The highest BCUT2D eigenvalue weighted by atomic mass is 15.3. The molecular formula is C23H22N8. The third-order valence-electron chi connectivity index (χ3n) is 5.83. The van der Waals surface area contributed by atoms with Gasteiger partial charge >= 0.3 is 0 Å². The maximum Gasteiger partial charge on any atom is 0.168 e. The fourth-order valence-corrected chi connectivity index (χ4v) is 4.25. The number of rotatable bonds is 4. The van der Waals surface area contributed by atoms with Crippen LogP contribution in [-0.2, 0) is 6.54 Å². The van der Waals surface area contributed by atoms with Crippen molar-refractivity contribution in [1.29, 1.82) is 0 Å². The van der Waals surface area contributed by atoms with Crippen LogP contribution >= 0.6 is 0 Å². The minimum absolute atomic E-state index is 0.827. The van der Waals surface area contributed by atoms with E-state index >= 15 is 0 Å². The van der Waals surface area contributed by atoms with E-state index in [4.69, 9.17) is 4.98 Å². The molecule has 2 aromatic carbocycles. The van der Waals surface area contributed by atoms with E-state index in [1.807, 2.05) is 59.4 Å². The maximum atomic E-state index is 4.71. The monoisotopic (exact) mass is 410 g/mol. The number of imidazole rings is 1. The summed E-state index contributed by atoms with van der Waals surface area (Å²) in [5, 5.41) is 5.56. The summed E-state index contributed by atoms with van der Waals surface area (Å²) in [6.45, 7) is 4.55. The Hall–Kier alpha value is -3.78. The molecule has 0 radical (unpaired) electrons. The zero-order valence-electron chi connectivity index (χ0n) is 17.0. The van der Waals surface area contributed by atoms with Crippen LogP contribution in [0, 0.1) is 0 Å². The van der Waals surface area contributed by atoms with Gasteiger partial charge in [0.1, 0.15) is 18.0 Å². The molecule has 6 rings (SSSR count). The van der Waals surface area contributed by atoms with Gasteiger partial charge in [0.05, 0.1) is 34.8 Å². The molecule has 1 aliphatic rings. The fraction of sp³-hybridized carbons (Fsp3) is 0.217. The van der Waals surface area contributed by atoms with E-state index in [1.54, 1.807) is 6.33 Å². The van der Waals surface area contributed by atoms with Crippen molar-refractivity contribution >= 4 is 27.9 Å². The predicted octanol–water partition coefficient (Wildman–Crippen LogP) is 3.01. The van der Waals surface area contributed by atoms with E-state index in [0.717, 1.165) is 72.1 Å². The van der Waals surface area contributed by atoms with E-state index in [2.05, 4.69) is 35.9 Å². The molecule has 1 saturated heterocycles. The van der Waals surface area contributed by atoms with Crippen LogP contribution in [-0.4, -0.2) is 60.8 Å². The van der Waals surface area contributed by atoms with E-state index in [1.165, 1.54) is 0 Å². The van der Waals surface area contributed by atoms with Gasteiger partial charge in [0, 0.05) is 26.2 Å². The lowest BCUT2D eigenvalue weighted by Crippen LogP contribution is -2.46. The Labute approximate surface area is 179 Å². The van der Waals surface area contributed by atoms with Crippen LogP contribution < -0.4 is 4.90 Å². The highest BCUT2D eigenvalue weighted by molar-refractivity contribution is 5.87. The van der Waals surface area contributed by atoms with Gasteiger partial charge in [0.2, 0.25) is 0 Å². The van der Waals surface area contributed by atoms with Crippen LogP contribution in [0.1, 0.15) is 5.82 Å². The summed E-state index contributed by atoms with van der Waals surface area (Å²) in [5.41, 5.74) is 3.95. The van der Waals surface area contributed by atoms with Crippen LogP contribution in [0.25, 0.3) is 27.8 Å². The zero-order chi connectivity index (χ0) is 20.6. The molecule has 1 aliphatic heterocycles. The maximum absolute atomic E-state index is 4.71. The number of aromatic nitrogens is 6. The first kappa shape index (κ1) is 18.0. The lowest BCUT2D eigenvalue weighted by Gasteiger charge is -2.35. The fourth-order valence-electron chi connectivity index (χ4n) is 4.25. The molecule has 8 heteroatoms. The highest BCUT2D eigenvalue weighted by Crippen LogP contribution is 2.25. The number of anilines is 1. The molecule has 0 unspecified atom stereocenters. The van der Waals surface area contributed by atoms with Gasteiger partial charge < -0.3 is 9.88 Å². The van der Waals surface area contributed by atoms with Crippen LogP contribution in [0.5, 0.6) is 0 Å². The molecule has 4 heterocycles. The Bertz CT molecular complexity index is 1300. The third-order valence-corrected chi connectivity index (χ3v) is 5.83. The second kappa shape index (κ2) is 7.48. The van der Waals surface area contributed by atoms with Crippen molar-refractivity contribution in [1.82, 2.24) is 34.6 Å². The van der Waals surface area contributed by atoms with Crippen molar-refractivity contribution in [3.05, 3.63) is 72.9 Å². The highest BCUT2D eigenvalue weighted by Gasteiger charge is 2.22. The molecule has 0 bridgehead atoms. The number of benzene rings is 2. The normalized spacial score (nSPS) is 15.2. The number of para-hydroxylation sites is 3. The van der Waals surface area contributed by atoms with Crippen molar-refractivity contribution in [2.24, 2.45) is 0 Å². The van der Waals surface area contributed by atoms with E-state index in [9.17, 15) is 0 Å². The molecule has 31 heavy (non-hydrogen) atoms. The molecule has 0 atom stereocenters. The van der Waals surface area contributed by atoms with Crippen LogP contribution in [0.4, 0.5) is 5.82 Å². The number of hydrogen-bond donors (Lipinski definition) is 1. The van der Waals surface area contributed by atoms with Crippen LogP contribution in [0.15, 0.2) is 67.1 Å². The topological polar surface area (TPSA) is 78.8 Å². The van der Waals surface area contributed by atoms with Crippen molar-refractivity contribution in [3.63, 3.8) is 0 Å². The molecule has 1 fully saturated rings. The molecule has 0 saturated carbocycles. The molecule has 0 spiro atoms. The molecule has 3 aromatic heterocycles. The molecule has 8 nitrogen and oxygen atoms in total. The minimum atomic E-state index is 0.827. The van der Waals surface area contributed by atoms with Gasteiger partial charge in [-0.2, -0.15) is 5.10 Å². The minimum Gasteiger partial charge on any atom is -0.353 e. The second-order valence-electron chi connectivity index (χ2n) is 7.79. The Kier molecular flexibility index (Phi) is 4.35. The average Bonchev–Trinajstić information content (AvgIpc) is 3.44. The number of nitrogens with one attached hydrogen (secondary N) is 1. The van der Waals surface area contributed by atoms with Crippen molar-refractivity contribution in [2.45, 2.75) is 6.54 Å². The number of hydrogen-bond acceptors (Lipinski definition) is 6. The van der Waals surface area contributed by atoms with Gasteiger partial charge in [0.15, 0.2) is 5.65 Å². The van der Waals surface area contributed by atoms with E-state index < -0.39 is 0 Å². The summed E-state index contributed by atoms with van der Waals surface area (Å²) in [5.74, 6) is 1.97. The Balaban J connectivity index is 1.20. The quantitative estimate of drug-likeness (QED) is 0.491. The summed E-state index contributed by atoms with van der Waals surface area (Å²) in [6.07, 6.45) is 3.51. The van der Waals surface area contributed by atoms with Gasteiger partial charge in [-0.1, -0.05) is 30.3 Å². The van der Waals surface area contributed by atoms with Gasteiger partial charge in [0.25, 0.3) is 0 Å². The third kappa shape index (κ3) is 3.30. The van der Waals surface area contributed by atoms with Gasteiger partial charge in [-0.15, -0.1) is 0 Å². The first-order chi connectivity index (χ1) is 15.3. The van der Waals surface area contributed by atoms with E-state index in [0.29, 0.717) is 0 Å². The van der Waals surface area contributed by atoms with Crippen LogP contribution in [0.2, 0.25) is 0 Å². The second-order valence-corrected chi connectivity index (χ2v) is 7.79. The lowest BCUT2D eigenvalue weighted by atomic mass is 10.2. The Morgan fingerprint density at radius 1 is 0.871 bits per heavy atom.